The summed E-state index contributed by atoms with van der Waals surface area (Å²) in [7, 11) is 0. The molecule has 0 aliphatic rings. The smallest absolute Gasteiger partial charge is 0.238 e. The van der Waals surface area contributed by atoms with E-state index < -0.39 is 0 Å². The summed E-state index contributed by atoms with van der Waals surface area (Å²) in [6, 6.07) is 2.13. The van der Waals surface area contributed by atoms with Gasteiger partial charge in [-0.25, -0.2) is 4.37 Å². The predicted octanol–water partition coefficient (Wildman–Crippen LogP) is 2.76. The third-order valence-corrected chi connectivity index (χ3v) is 3.66. The van der Waals surface area contributed by atoms with Gasteiger partial charge in [0.15, 0.2) is 0 Å². The lowest BCUT2D eigenvalue weighted by molar-refractivity contribution is -0.132. The van der Waals surface area contributed by atoms with E-state index in [0.717, 1.165) is 4.88 Å². The fraction of sp³-hybridized carbons (Fsp3) is 0.636. The molecule has 0 N–H and O–H groups in total. The van der Waals surface area contributed by atoms with E-state index in [1.807, 2.05) is 11.0 Å². The molecular weight excluding hydrogens is 244 g/mol. The second-order valence-corrected chi connectivity index (χ2v) is 5.30. The molecular formula is C11H17ClN2OS. The fourth-order valence-corrected chi connectivity index (χ4v) is 2.12. The lowest BCUT2D eigenvalue weighted by Gasteiger charge is -2.31. The van der Waals surface area contributed by atoms with Crippen molar-refractivity contribution >= 4 is 29.0 Å². The van der Waals surface area contributed by atoms with Crippen LogP contribution in [-0.4, -0.2) is 27.1 Å². The average molecular weight is 261 g/mol. The number of carbonyl (C=O) groups is 1. The quantitative estimate of drug-likeness (QED) is 0.763. The summed E-state index contributed by atoms with van der Waals surface area (Å²) in [5, 5.41) is 0. The number of rotatable bonds is 5. The van der Waals surface area contributed by atoms with Crippen molar-refractivity contribution in [2.75, 3.05) is 5.88 Å². The lowest BCUT2D eigenvalue weighted by Crippen LogP contribution is -2.41. The maximum absolute atomic E-state index is 11.8. The second-order valence-electron chi connectivity index (χ2n) is 4.12. The van der Waals surface area contributed by atoms with E-state index in [4.69, 9.17) is 11.6 Å². The summed E-state index contributed by atoms with van der Waals surface area (Å²) in [6.07, 6.45) is 1.75. The van der Waals surface area contributed by atoms with Crippen LogP contribution < -0.4 is 0 Å². The Hall–Kier alpha value is -0.610. The van der Waals surface area contributed by atoms with Crippen LogP contribution in [0.15, 0.2) is 12.3 Å². The van der Waals surface area contributed by atoms with E-state index in [2.05, 4.69) is 25.1 Å². The van der Waals surface area contributed by atoms with Crippen LogP contribution in [0, 0.1) is 5.92 Å². The van der Waals surface area contributed by atoms with Gasteiger partial charge in [0.2, 0.25) is 5.91 Å². The Balaban J connectivity index is 2.75. The van der Waals surface area contributed by atoms with Crippen LogP contribution >= 0.6 is 23.1 Å². The molecule has 0 aliphatic carbocycles. The van der Waals surface area contributed by atoms with Crippen molar-refractivity contribution in [1.82, 2.24) is 9.27 Å². The van der Waals surface area contributed by atoms with Crippen molar-refractivity contribution in [3.05, 3.63) is 17.1 Å². The Labute approximate surface area is 106 Å². The van der Waals surface area contributed by atoms with Crippen molar-refractivity contribution < 1.29 is 4.79 Å². The van der Waals surface area contributed by atoms with Crippen LogP contribution in [0.5, 0.6) is 0 Å². The van der Waals surface area contributed by atoms with Crippen molar-refractivity contribution in [1.29, 1.82) is 0 Å². The van der Waals surface area contributed by atoms with Crippen LogP contribution in [0.4, 0.5) is 0 Å². The number of aromatic nitrogens is 1. The van der Waals surface area contributed by atoms with Gasteiger partial charge in [-0.05, 0) is 30.4 Å². The maximum atomic E-state index is 11.8. The Kier molecular flexibility index (Phi) is 5.22. The van der Waals surface area contributed by atoms with Gasteiger partial charge in [-0.1, -0.05) is 13.8 Å². The summed E-state index contributed by atoms with van der Waals surface area (Å²) < 4.78 is 4.04. The molecule has 1 atom stereocenters. The van der Waals surface area contributed by atoms with Crippen LogP contribution in [0.3, 0.4) is 0 Å². The first-order valence-corrected chi connectivity index (χ1v) is 6.62. The highest BCUT2D eigenvalue weighted by Crippen LogP contribution is 2.16. The molecule has 0 saturated heterocycles. The fourth-order valence-electron chi connectivity index (χ4n) is 1.39. The largest absolute Gasteiger partial charge is 0.334 e. The molecule has 0 aromatic carbocycles. The third-order valence-electron chi connectivity index (χ3n) is 2.71. The van der Waals surface area contributed by atoms with E-state index in [-0.39, 0.29) is 17.8 Å². The van der Waals surface area contributed by atoms with Crippen LogP contribution in [0.25, 0.3) is 0 Å². The van der Waals surface area contributed by atoms with Gasteiger partial charge in [-0.2, -0.15) is 0 Å². The molecule has 0 spiro atoms. The van der Waals surface area contributed by atoms with E-state index in [1.54, 1.807) is 6.20 Å². The molecule has 1 heterocycles. The number of hydrogen-bond acceptors (Lipinski definition) is 3. The van der Waals surface area contributed by atoms with E-state index in [0.29, 0.717) is 12.5 Å². The Bertz CT molecular complexity index is 327. The summed E-state index contributed by atoms with van der Waals surface area (Å²) in [5.74, 6) is 0.437. The molecule has 1 unspecified atom stereocenters. The van der Waals surface area contributed by atoms with Gasteiger partial charge in [-0.15, -0.1) is 11.6 Å². The SMILES string of the molecule is CC(C)C(C)N(Cc1ccns1)C(=O)CCl. The number of carbonyl (C=O) groups excluding carboxylic acids is 1. The number of alkyl halides is 1. The third kappa shape index (κ3) is 3.46. The molecule has 0 radical (unpaired) electrons. The van der Waals surface area contributed by atoms with Gasteiger partial charge in [0.1, 0.15) is 5.88 Å². The Morgan fingerprint density at radius 1 is 1.56 bits per heavy atom. The molecule has 1 aromatic heterocycles. The highest BCUT2D eigenvalue weighted by atomic mass is 35.5. The zero-order chi connectivity index (χ0) is 12.1. The molecule has 16 heavy (non-hydrogen) atoms. The van der Waals surface area contributed by atoms with Gasteiger partial charge in [0.25, 0.3) is 0 Å². The number of amides is 1. The second kappa shape index (κ2) is 6.21. The van der Waals surface area contributed by atoms with Gasteiger partial charge < -0.3 is 4.90 Å². The zero-order valence-electron chi connectivity index (χ0n) is 9.81. The first-order valence-electron chi connectivity index (χ1n) is 5.31. The minimum atomic E-state index is -0.0173. The van der Waals surface area contributed by atoms with Gasteiger partial charge in [-0.3, -0.25) is 4.79 Å². The average Bonchev–Trinajstić information content (AvgIpc) is 2.76. The molecule has 0 bridgehead atoms. The first-order chi connectivity index (χ1) is 7.56. The van der Waals surface area contributed by atoms with Gasteiger partial charge >= 0.3 is 0 Å². The van der Waals surface area contributed by atoms with E-state index in [1.165, 1.54) is 11.5 Å². The van der Waals surface area contributed by atoms with Crippen molar-refractivity contribution in [2.24, 2.45) is 5.92 Å². The highest BCUT2D eigenvalue weighted by molar-refractivity contribution is 7.05. The minimum Gasteiger partial charge on any atom is -0.334 e. The first kappa shape index (κ1) is 13.5. The molecule has 1 rings (SSSR count). The van der Waals surface area contributed by atoms with Crippen LogP contribution in [0.2, 0.25) is 0 Å². The lowest BCUT2D eigenvalue weighted by atomic mass is 10.0. The Morgan fingerprint density at radius 3 is 2.69 bits per heavy atom. The Morgan fingerprint density at radius 2 is 2.25 bits per heavy atom. The zero-order valence-corrected chi connectivity index (χ0v) is 11.4. The van der Waals surface area contributed by atoms with Crippen molar-refractivity contribution in [2.45, 2.75) is 33.4 Å². The summed E-state index contributed by atoms with van der Waals surface area (Å²) in [5.41, 5.74) is 0. The topological polar surface area (TPSA) is 33.2 Å². The number of hydrogen-bond donors (Lipinski definition) is 0. The summed E-state index contributed by atoms with van der Waals surface area (Å²) >= 11 is 7.05. The van der Waals surface area contributed by atoms with E-state index in [9.17, 15) is 4.79 Å². The predicted molar refractivity (Wildman–Crippen MR) is 67.7 cm³/mol. The molecule has 0 saturated carbocycles. The van der Waals surface area contributed by atoms with Crippen molar-refractivity contribution in [3.8, 4) is 0 Å². The molecule has 90 valence electrons. The highest BCUT2D eigenvalue weighted by Gasteiger charge is 2.22. The minimum absolute atomic E-state index is 0.0173. The van der Waals surface area contributed by atoms with E-state index >= 15 is 0 Å². The van der Waals surface area contributed by atoms with Gasteiger partial charge in [0, 0.05) is 17.1 Å². The summed E-state index contributed by atoms with van der Waals surface area (Å²) in [4.78, 5) is 14.7. The molecule has 5 heteroatoms. The molecule has 0 fully saturated rings. The molecule has 0 aliphatic heterocycles. The number of halogens is 1. The van der Waals surface area contributed by atoms with Crippen molar-refractivity contribution in [3.63, 3.8) is 0 Å². The van der Waals surface area contributed by atoms with Crippen LogP contribution in [-0.2, 0) is 11.3 Å². The standard InChI is InChI=1S/C11H17ClN2OS/c1-8(2)9(3)14(11(15)6-12)7-10-4-5-13-16-10/h4-5,8-9H,6-7H2,1-3H3. The molecule has 1 aromatic rings. The maximum Gasteiger partial charge on any atom is 0.238 e. The molecule has 3 nitrogen and oxygen atoms in total. The van der Waals surface area contributed by atoms with Crippen LogP contribution in [0.1, 0.15) is 25.6 Å². The number of nitrogens with zero attached hydrogens (tertiary/aromatic N) is 2. The van der Waals surface area contributed by atoms with Gasteiger partial charge in [0.05, 0.1) is 6.54 Å². The normalized spacial score (nSPS) is 12.8. The molecule has 1 amide bonds. The monoisotopic (exact) mass is 260 g/mol. The summed E-state index contributed by atoms with van der Waals surface area (Å²) in [6.45, 7) is 6.86.